The molecule has 4 aromatic heterocycles. The Morgan fingerprint density at radius 3 is 1.51 bits per heavy atom. The monoisotopic (exact) mass is 1280 g/mol. The maximum absolute atomic E-state index is 14.4. The van der Waals surface area contributed by atoms with E-state index in [-0.39, 0.29) is 61.1 Å². The number of Topliss-reactive ketones (excluding diaryl/α,β-unsaturated/α-hetero) is 2. The molecule has 2 fully saturated rings. The molecule has 12 rings (SSSR count). The van der Waals surface area contributed by atoms with Gasteiger partial charge in [0.05, 0.1) is 47.9 Å². The van der Waals surface area contributed by atoms with Crippen LogP contribution in [-0.2, 0) is 85.4 Å². The van der Waals surface area contributed by atoms with Crippen LogP contribution in [0.1, 0.15) is 126 Å². The first kappa shape index (κ1) is 66.7. The second-order valence-corrected chi connectivity index (χ2v) is 26.9. The van der Waals surface area contributed by atoms with E-state index in [1.807, 2.05) is 105 Å². The van der Waals surface area contributed by atoms with E-state index >= 15 is 0 Å². The van der Waals surface area contributed by atoms with Crippen LogP contribution < -0.4 is 30.7 Å². The first-order valence-electron chi connectivity index (χ1n) is 32.4. The number of thiophene rings is 2. The summed E-state index contributed by atoms with van der Waals surface area (Å²) in [6.45, 7) is 15.3. The lowest BCUT2D eigenvalue weighted by atomic mass is 9.85. The molecule has 0 spiro atoms. The van der Waals surface area contributed by atoms with Gasteiger partial charge in [0.15, 0.2) is 11.6 Å². The van der Waals surface area contributed by atoms with E-state index in [0.717, 1.165) is 117 Å². The molecular formula is C73H86N8O9S2. The fourth-order valence-electron chi connectivity index (χ4n) is 13.3. The quantitative estimate of drug-likeness (QED) is 0.0620. The number of para-hydroxylation sites is 4. The maximum atomic E-state index is 14.4. The molecule has 2 unspecified atom stereocenters. The number of nitrogens with two attached hydrogens (primary N) is 1. The number of anilines is 4. The zero-order valence-electron chi connectivity index (χ0n) is 53.7. The van der Waals surface area contributed by atoms with E-state index < -0.39 is 35.6 Å². The topological polar surface area (TPSA) is 210 Å². The van der Waals surface area contributed by atoms with Crippen molar-refractivity contribution >= 4 is 109 Å². The Kier molecular flexibility index (Phi) is 21.8. The number of carbonyl (C=O) groups excluding carboxylic acids is 7. The highest BCUT2D eigenvalue weighted by atomic mass is 32.1. The number of benzene rings is 4. The summed E-state index contributed by atoms with van der Waals surface area (Å²) in [4.78, 5) is 102. The fourth-order valence-corrected chi connectivity index (χ4v) is 14.7. The molecule has 0 bridgehead atoms. The van der Waals surface area contributed by atoms with E-state index in [9.17, 15) is 33.6 Å². The van der Waals surface area contributed by atoms with Crippen LogP contribution >= 0.6 is 22.7 Å². The van der Waals surface area contributed by atoms with Gasteiger partial charge in [-0.25, -0.2) is 4.79 Å². The molecule has 4 atom stereocenters. The van der Waals surface area contributed by atoms with Gasteiger partial charge in [-0.15, -0.1) is 0 Å². The lowest BCUT2D eigenvalue weighted by Gasteiger charge is -2.37. The lowest BCUT2D eigenvalue weighted by Crippen LogP contribution is -2.47. The highest BCUT2D eigenvalue weighted by molar-refractivity contribution is 7.08. The first-order chi connectivity index (χ1) is 44.4. The summed E-state index contributed by atoms with van der Waals surface area (Å²) in [5, 5.41) is 20.6. The molecule has 5 amide bonds. The summed E-state index contributed by atoms with van der Waals surface area (Å²) in [5.41, 5.74) is 17.1. The Hall–Kier alpha value is -8.23. The maximum Gasteiger partial charge on any atom is 0.408 e. The summed E-state index contributed by atoms with van der Waals surface area (Å²) >= 11 is 3.15. The molecule has 0 aliphatic carbocycles. The van der Waals surface area contributed by atoms with E-state index in [2.05, 4.69) is 58.9 Å². The number of carbonyl (C=O) groups is 7. The van der Waals surface area contributed by atoms with E-state index in [4.69, 9.17) is 15.6 Å². The van der Waals surface area contributed by atoms with Gasteiger partial charge in [-0.2, -0.15) is 22.7 Å². The highest BCUT2D eigenvalue weighted by Gasteiger charge is 2.41. The number of nitrogens with zero attached hydrogens (tertiary/aromatic N) is 6. The highest BCUT2D eigenvalue weighted by Crippen LogP contribution is 2.44. The number of aliphatic hydroxyl groups excluding tert-OH is 1. The van der Waals surface area contributed by atoms with Crippen LogP contribution in [0.15, 0.2) is 131 Å². The predicted octanol–water partition coefficient (Wildman–Crippen LogP) is 12.5. The van der Waals surface area contributed by atoms with Gasteiger partial charge in [0.2, 0.25) is 23.6 Å². The molecule has 4 aliphatic rings. The van der Waals surface area contributed by atoms with Gasteiger partial charge in [0, 0.05) is 111 Å². The molecule has 92 heavy (non-hydrogen) atoms. The van der Waals surface area contributed by atoms with Crippen molar-refractivity contribution in [1.82, 2.24) is 14.5 Å². The van der Waals surface area contributed by atoms with Crippen molar-refractivity contribution in [2.75, 3.05) is 39.3 Å². The molecule has 17 nitrogen and oxygen atoms in total. The van der Waals surface area contributed by atoms with Gasteiger partial charge in [-0.05, 0) is 164 Å². The number of fused-ring (bicyclic) bond motifs is 4. The number of hydrogen-bond donors (Lipinski definition) is 3. The third-order valence-corrected chi connectivity index (χ3v) is 18.9. The first-order valence-corrected chi connectivity index (χ1v) is 34.3. The molecule has 8 heterocycles. The van der Waals surface area contributed by atoms with Crippen LogP contribution in [-0.4, -0.2) is 92.9 Å². The minimum Gasteiger partial charge on any atom is -0.444 e. The Morgan fingerprint density at radius 2 is 1.09 bits per heavy atom. The largest absolute Gasteiger partial charge is 0.444 e. The van der Waals surface area contributed by atoms with E-state index in [0.29, 0.717) is 58.3 Å². The Bertz CT molecular complexity index is 3940. The number of alkyl carbamates (subject to hydrolysis) is 1. The summed E-state index contributed by atoms with van der Waals surface area (Å²) in [6.07, 6.45) is 9.68. The number of hydrogen-bond acceptors (Lipinski definition) is 12. The standard InChI is InChI=1S/C38H44N4O5S.C33H36N4O3S.C2H6O/c1-5-16-40-23-28(29-11-6-7-12-31(29)40)20-30(39-37(46)47-38(2,3)4)33(43)21-27-19-26-10-8-13-32(41-17-9-14-34(41)44)35(26)42(36(27)45)22-25-15-18-48-24-25;1-2-13-35-20-25(26-8-3-4-9-28(26)35)17-27(34)30(38)18-24-16-23-7-5-10-29(36-14-6-11-31(36)39)32(23)37(33(24)40)19-22-12-15-41-21-22;1-2-3/h6-8,10-13,15,18,23-24,27,30H,5,9,14,16-17,19-22H2,1-4H3,(H,39,46);3-5,7-10,12,15,20-21,24,27H,2,6,11,13-14,16-19,34H2,1H3;3H,2H2,1H3/t27?,30-;24?,27-;/m11./s1. The van der Waals surface area contributed by atoms with E-state index in [1.165, 1.54) is 0 Å². The number of aliphatic hydroxyl groups is 1. The van der Waals surface area contributed by atoms with Gasteiger partial charge < -0.3 is 49.6 Å². The Morgan fingerprint density at radius 1 is 0.630 bits per heavy atom. The average Bonchev–Trinajstić information content (AvgIpc) is 1.78. The van der Waals surface area contributed by atoms with Crippen molar-refractivity contribution in [3.05, 3.63) is 164 Å². The molecule has 4 N–H and O–H groups in total. The van der Waals surface area contributed by atoms with Gasteiger partial charge in [0.1, 0.15) is 5.60 Å². The lowest BCUT2D eigenvalue weighted by molar-refractivity contribution is -0.129. The second kappa shape index (κ2) is 30.0. The number of aromatic nitrogens is 2. The van der Waals surface area contributed by atoms with Crippen LogP contribution in [0, 0.1) is 11.8 Å². The SMILES string of the molecule is CCCn1cc(C[C@@H](N)C(=O)CC2Cc3cccc(N4CCCC4=O)c3N(Cc3ccsc3)C2=O)c2ccccc21.CCCn1cc(C[C@@H](NC(=O)OC(C)(C)C)C(=O)CC2Cc3cccc(N4CCCC4=O)c3N(Cc3ccsc3)C2=O)c2ccccc21.CCO. The van der Waals surface area contributed by atoms with Crippen molar-refractivity contribution in [2.45, 2.75) is 162 Å². The van der Waals surface area contributed by atoms with Gasteiger partial charge >= 0.3 is 6.09 Å². The molecule has 4 aliphatic heterocycles. The van der Waals surface area contributed by atoms with Crippen molar-refractivity contribution in [3.8, 4) is 0 Å². The number of ketones is 2. The number of ether oxygens (including phenoxy) is 1. The third kappa shape index (κ3) is 15.3. The van der Waals surface area contributed by atoms with Crippen molar-refractivity contribution in [3.63, 3.8) is 0 Å². The van der Waals surface area contributed by atoms with Gasteiger partial charge in [-0.1, -0.05) is 74.5 Å². The number of amides is 5. The normalized spacial score (nSPS) is 17.1. The van der Waals surface area contributed by atoms with Crippen LogP contribution in [0.2, 0.25) is 0 Å². The van der Waals surface area contributed by atoms with Gasteiger partial charge in [-0.3, -0.25) is 28.8 Å². The van der Waals surface area contributed by atoms with Crippen molar-refractivity contribution in [2.24, 2.45) is 17.6 Å². The predicted molar refractivity (Wildman–Crippen MR) is 366 cm³/mol. The van der Waals surface area contributed by atoms with Crippen LogP contribution in [0.25, 0.3) is 21.8 Å². The Balaban J connectivity index is 0.000000195. The number of rotatable bonds is 21. The molecule has 8 aromatic rings. The Labute approximate surface area is 547 Å². The van der Waals surface area contributed by atoms with Crippen LogP contribution in [0.3, 0.4) is 0 Å². The molecule has 0 radical (unpaired) electrons. The number of aryl methyl sites for hydroxylation is 2. The molecule has 0 saturated carbocycles. The number of nitrogens with one attached hydrogen (secondary N) is 1. The van der Waals surface area contributed by atoms with Crippen LogP contribution in [0.4, 0.5) is 27.5 Å². The fraction of sp³-hybridized carbons (Fsp3) is 0.411. The minimum absolute atomic E-state index is 0.0423. The zero-order chi connectivity index (χ0) is 65.2. The summed E-state index contributed by atoms with van der Waals surface area (Å²) in [7, 11) is 0. The van der Waals surface area contributed by atoms with Crippen LogP contribution in [0.5, 0.6) is 0 Å². The summed E-state index contributed by atoms with van der Waals surface area (Å²) < 4.78 is 9.99. The molecule has 19 heteroatoms. The van der Waals surface area contributed by atoms with Crippen molar-refractivity contribution in [1.29, 1.82) is 0 Å². The molecule has 2 saturated heterocycles. The summed E-state index contributed by atoms with van der Waals surface area (Å²) in [6, 6.07) is 30.5. The second-order valence-electron chi connectivity index (χ2n) is 25.4. The van der Waals surface area contributed by atoms with Crippen molar-refractivity contribution < 1.29 is 43.4 Å². The summed E-state index contributed by atoms with van der Waals surface area (Å²) in [5.74, 6) is -1.54. The molecular weight excluding hydrogens is 1200 g/mol. The van der Waals surface area contributed by atoms with E-state index in [1.54, 1.807) is 65.1 Å². The zero-order valence-corrected chi connectivity index (χ0v) is 55.4. The molecule has 484 valence electrons. The smallest absolute Gasteiger partial charge is 0.408 e. The molecule has 4 aromatic carbocycles. The minimum atomic E-state index is -0.895. The average molecular weight is 1280 g/mol. The van der Waals surface area contributed by atoms with Gasteiger partial charge in [0.25, 0.3) is 0 Å². The third-order valence-electron chi connectivity index (χ3n) is 17.4.